The van der Waals surface area contributed by atoms with Crippen molar-refractivity contribution in [2.24, 2.45) is 0 Å². The molecule has 1 heterocycles. The molecule has 6 nitrogen and oxygen atoms in total. The second kappa shape index (κ2) is 8.39. The maximum atomic E-state index is 12.2. The molecule has 1 N–H and O–H groups in total. The number of thiazole rings is 1. The van der Waals surface area contributed by atoms with E-state index in [2.05, 4.69) is 10.3 Å². The van der Waals surface area contributed by atoms with E-state index in [9.17, 15) is 9.59 Å². The van der Waals surface area contributed by atoms with Gasteiger partial charge in [-0.2, -0.15) is 0 Å². The molecule has 0 unspecified atom stereocenters. The number of carbonyl (C=O) groups is 2. The first-order valence-electron chi connectivity index (χ1n) is 8.93. The number of aromatic nitrogens is 1. The Morgan fingerprint density at radius 1 is 1.14 bits per heavy atom. The van der Waals surface area contributed by atoms with E-state index < -0.39 is 0 Å². The summed E-state index contributed by atoms with van der Waals surface area (Å²) in [6, 6.07) is 10.9. The number of amides is 1. The molecule has 0 radical (unpaired) electrons. The van der Waals surface area contributed by atoms with E-state index in [-0.39, 0.29) is 24.6 Å². The Morgan fingerprint density at radius 2 is 1.93 bits per heavy atom. The maximum Gasteiger partial charge on any atom is 0.338 e. The zero-order valence-corrected chi connectivity index (χ0v) is 17.1. The van der Waals surface area contributed by atoms with E-state index in [1.165, 1.54) is 11.3 Å². The average molecular weight is 398 g/mol. The predicted octanol–water partition coefficient (Wildman–Crippen LogP) is 4.50. The molecule has 7 heteroatoms. The molecule has 1 aromatic heterocycles. The lowest BCUT2D eigenvalue weighted by atomic mass is 10.1. The molecular weight excluding hydrogens is 376 g/mol. The summed E-state index contributed by atoms with van der Waals surface area (Å²) in [5.41, 5.74) is 3.28. The van der Waals surface area contributed by atoms with Gasteiger partial charge < -0.3 is 9.47 Å². The second-order valence-electron chi connectivity index (χ2n) is 6.76. The van der Waals surface area contributed by atoms with Crippen LogP contribution < -0.4 is 10.1 Å². The number of hydrogen-bond acceptors (Lipinski definition) is 6. The van der Waals surface area contributed by atoms with Crippen LogP contribution in [0.3, 0.4) is 0 Å². The highest BCUT2D eigenvalue weighted by Crippen LogP contribution is 2.27. The number of aryl methyl sites for hydroxylation is 2. The molecule has 0 aliphatic heterocycles. The highest BCUT2D eigenvalue weighted by Gasteiger charge is 2.13. The number of nitrogens with one attached hydrogen (secondary N) is 1. The highest BCUT2D eigenvalue weighted by molar-refractivity contribution is 7.22. The number of nitrogens with zero attached hydrogens (tertiary/aromatic N) is 1. The molecule has 3 aromatic rings. The fourth-order valence-electron chi connectivity index (χ4n) is 2.65. The van der Waals surface area contributed by atoms with Crippen molar-refractivity contribution < 1.29 is 19.1 Å². The van der Waals surface area contributed by atoms with Gasteiger partial charge in [0, 0.05) is 0 Å². The monoisotopic (exact) mass is 398 g/mol. The Hall–Kier alpha value is -2.93. The van der Waals surface area contributed by atoms with Crippen molar-refractivity contribution in [2.75, 3.05) is 11.9 Å². The van der Waals surface area contributed by atoms with Crippen LogP contribution >= 0.6 is 11.3 Å². The van der Waals surface area contributed by atoms with Gasteiger partial charge in [-0.1, -0.05) is 29.0 Å². The zero-order chi connectivity index (χ0) is 20.3. The Bertz CT molecular complexity index is 1030. The predicted molar refractivity (Wildman–Crippen MR) is 110 cm³/mol. The Labute approximate surface area is 167 Å². The minimum Gasteiger partial charge on any atom is -0.483 e. The molecule has 0 saturated heterocycles. The minimum atomic E-state index is -0.377. The first-order valence-corrected chi connectivity index (χ1v) is 9.75. The van der Waals surface area contributed by atoms with Crippen molar-refractivity contribution in [3.05, 3.63) is 53.1 Å². The summed E-state index contributed by atoms with van der Waals surface area (Å²) < 4.78 is 11.6. The van der Waals surface area contributed by atoms with Crippen LogP contribution in [0.5, 0.6) is 5.75 Å². The Balaban J connectivity index is 1.65. The summed E-state index contributed by atoms with van der Waals surface area (Å²) in [7, 11) is 0. The van der Waals surface area contributed by atoms with Gasteiger partial charge in [-0.25, -0.2) is 9.78 Å². The van der Waals surface area contributed by atoms with Gasteiger partial charge in [0.15, 0.2) is 11.7 Å². The zero-order valence-electron chi connectivity index (χ0n) is 16.2. The van der Waals surface area contributed by atoms with Crippen LogP contribution in [0.25, 0.3) is 10.2 Å². The highest BCUT2D eigenvalue weighted by atomic mass is 32.1. The van der Waals surface area contributed by atoms with Crippen molar-refractivity contribution in [3.8, 4) is 5.75 Å². The summed E-state index contributed by atoms with van der Waals surface area (Å²) in [5, 5.41) is 3.20. The lowest BCUT2D eigenvalue weighted by Crippen LogP contribution is -2.20. The van der Waals surface area contributed by atoms with Crippen LogP contribution in [-0.2, 0) is 9.53 Å². The molecular formula is C21H22N2O4S. The molecule has 146 valence electrons. The summed E-state index contributed by atoms with van der Waals surface area (Å²) >= 11 is 1.30. The van der Waals surface area contributed by atoms with Gasteiger partial charge in [-0.15, -0.1) is 0 Å². The standard InChI is InChI=1S/C21H22N2O4S/c1-12(2)27-20(25)15-6-7-16-18(10-15)28-21(22-16)23-19(24)11-26-17-8-5-13(3)9-14(17)4/h5-10,12H,11H2,1-4H3,(H,22,23,24). The quantitative estimate of drug-likeness (QED) is 0.619. The minimum absolute atomic E-state index is 0.105. The third-order valence-corrected chi connectivity index (χ3v) is 4.84. The molecule has 0 bridgehead atoms. The van der Waals surface area contributed by atoms with Crippen LogP contribution in [-0.4, -0.2) is 29.6 Å². The molecule has 28 heavy (non-hydrogen) atoms. The molecule has 0 aliphatic carbocycles. The number of hydrogen-bond donors (Lipinski definition) is 1. The lowest BCUT2D eigenvalue weighted by Gasteiger charge is -2.09. The van der Waals surface area contributed by atoms with Crippen LogP contribution in [0.2, 0.25) is 0 Å². The van der Waals surface area contributed by atoms with Gasteiger partial charge in [0.05, 0.1) is 21.9 Å². The van der Waals surface area contributed by atoms with E-state index in [1.807, 2.05) is 32.0 Å². The Morgan fingerprint density at radius 3 is 2.64 bits per heavy atom. The molecule has 1 amide bonds. The third kappa shape index (κ3) is 4.86. The number of carbonyl (C=O) groups excluding carboxylic acids is 2. The van der Waals surface area contributed by atoms with Gasteiger partial charge in [0.1, 0.15) is 5.75 Å². The fraction of sp³-hybridized carbons (Fsp3) is 0.286. The largest absolute Gasteiger partial charge is 0.483 e. The topological polar surface area (TPSA) is 77.5 Å². The molecule has 0 atom stereocenters. The van der Waals surface area contributed by atoms with Crippen LogP contribution in [0.1, 0.15) is 35.3 Å². The number of ether oxygens (including phenoxy) is 2. The fourth-order valence-corrected chi connectivity index (χ4v) is 3.57. The van der Waals surface area contributed by atoms with Crippen molar-refractivity contribution >= 4 is 38.6 Å². The van der Waals surface area contributed by atoms with E-state index in [0.29, 0.717) is 22.0 Å². The second-order valence-corrected chi connectivity index (χ2v) is 7.79. The Kier molecular flexibility index (Phi) is 5.94. The van der Waals surface area contributed by atoms with Crippen LogP contribution in [0.15, 0.2) is 36.4 Å². The van der Waals surface area contributed by atoms with Gasteiger partial charge in [0.25, 0.3) is 5.91 Å². The molecule has 0 saturated carbocycles. The molecule has 0 fully saturated rings. The summed E-state index contributed by atoms with van der Waals surface area (Å²) in [5.74, 6) is 0.00887. The average Bonchev–Trinajstić information content (AvgIpc) is 3.01. The lowest BCUT2D eigenvalue weighted by molar-refractivity contribution is -0.118. The summed E-state index contributed by atoms with van der Waals surface area (Å²) in [6.07, 6.45) is -0.184. The molecule has 0 aliphatic rings. The molecule has 2 aromatic carbocycles. The number of anilines is 1. The number of fused-ring (bicyclic) bond motifs is 1. The summed E-state index contributed by atoms with van der Waals surface area (Å²) in [6.45, 7) is 7.44. The smallest absolute Gasteiger partial charge is 0.338 e. The number of esters is 1. The number of rotatable bonds is 6. The first kappa shape index (κ1) is 19.8. The first-order chi connectivity index (χ1) is 13.3. The normalized spacial score (nSPS) is 10.9. The van der Waals surface area contributed by atoms with E-state index >= 15 is 0 Å². The SMILES string of the molecule is Cc1ccc(OCC(=O)Nc2nc3ccc(C(=O)OC(C)C)cc3s2)c(C)c1. The number of benzene rings is 2. The van der Waals surface area contributed by atoms with Crippen LogP contribution in [0.4, 0.5) is 5.13 Å². The van der Waals surface area contributed by atoms with Crippen molar-refractivity contribution in [1.82, 2.24) is 4.98 Å². The van der Waals surface area contributed by atoms with Gasteiger partial charge in [-0.05, 0) is 57.5 Å². The van der Waals surface area contributed by atoms with Crippen molar-refractivity contribution in [2.45, 2.75) is 33.8 Å². The van der Waals surface area contributed by atoms with Crippen molar-refractivity contribution in [1.29, 1.82) is 0 Å². The van der Waals surface area contributed by atoms with Gasteiger partial charge in [-0.3, -0.25) is 10.1 Å². The van der Waals surface area contributed by atoms with E-state index in [0.717, 1.165) is 15.8 Å². The van der Waals surface area contributed by atoms with Gasteiger partial charge >= 0.3 is 5.97 Å². The maximum absolute atomic E-state index is 12.2. The van der Waals surface area contributed by atoms with E-state index in [4.69, 9.17) is 9.47 Å². The van der Waals surface area contributed by atoms with Crippen molar-refractivity contribution in [3.63, 3.8) is 0 Å². The third-order valence-electron chi connectivity index (χ3n) is 3.90. The molecule has 0 spiro atoms. The molecule has 3 rings (SSSR count). The van der Waals surface area contributed by atoms with Crippen LogP contribution in [0, 0.1) is 13.8 Å². The van der Waals surface area contributed by atoms with E-state index in [1.54, 1.807) is 32.0 Å². The summed E-state index contributed by atoms with van der Waals surface area (Å²) in [4.78, 5) is 28.6. The van der Waals surface area contributed by atoms with Gasteiger partial charge in [0.2, 0.25) is 0 Å².